The van der Waals surface area contributed by atoms with E-state index in [4.69, 9.17) is 0 Å². The first-order valence-corrected chi connectivity index (χ1v) is 34.5. The van der Waals surface area contributed by atoms with E-state index in [9.17, 15) is 39.6 Å². The van der Waals surface area contributed by atoms with E-state index < -0.39 is 23.9 Å². The Balaban J connectivity index is -0.000000233. The molecule has 0 aromatic rings. The zero-order chi connectivity index (χ0) is 59.6. The van der Waals surface area contributed by atoms with Crippen LogP contribution in [0.15, 0.2) is 48.6 Å². The van der Waals surface area contributed by atoms with Crippen molar-refractivity contribution in [1.29, 1.82) is 0 Å². The summed E-state index contributed by atoms with van der Waals surface area (Å²) in [5.74, 6) is -3.66. The second kappa shape index (κ2) is 88.2. The number of carbonyl (C=O) groups excluding carboxylic acids is 4. The molecule has 0 heterocycles. The number of aliphatic carboxylic acids is 4. The van der Waals surface area contributed by atoms with Crippen molar-refractivity contribution in [2.24, 2.45) is 0 Å². The largest absolute Gasteiger partial charge is 2.00 e. The normalized spacial score (nSPS) is 11.0. The summed E-state index contributed by atoms with van der Waals surface area (Å²) in [5, 5.41) is 40.9. The van der Waals surface area contributed by atoms with E-state index >= 15 is 0 Å². The third kappa shape index (κ3) is 107. The van der Waals surface area contributed by atoms with Gasteiger partial charge in [0, 0.05) is 23.9 Å². The Morgan fingerprint density at radius 3 is 0.439 bits per heavy atom. The first-order valence-electron chi connectivity index (χ1n) is 34.5. The topological polar surface area (TPSA) is 161 Å². The molecular weight excluding hydrogens is 1170 g/mol. The molecule has 0 spiro atoms. The van der Waals surface area contributed by atoms with Gasteiger partial charge in [0.15, 0.2) is 0 Å². The third-order valence-electron chi connectivity index (χ3n) is 14.6. The second-order valence-corrected chi connectivity index (χ2v) is 22.8. The first kappa shape index (κ1) is 91.6. The summed E-state index contributed by atoms with van der Waals surface area (Å²) in [6.45, 7) is 9.02. The van der Waals surface area contributed by atoms with Crippen LogP contribution >= 0.6 is 0 Å². The van der Waals surface area contributed by atoms with Gasteiger partial charge in [0.2, 0.25) is 0 Å². The van der Waals surface area contributed by atoms with Crippen LogP contribution in [0.4, 0.5) is 0 Å². The average molecular weight is 1300 g/mol. The molecule has 0 unspecified atom stereocenters. The van der Waals surface area contributed by atoms with Crippen LogP contribution in [-0.2, 0) is 66.0 Å². The Morgan fingerprint density at radius 2 is 0.317 bits per heavy atom. The van der Waals surface area contributed by atoms with Crippen molar-refractivity contribution < 1.29 is 86.4 Å². The van der Waals surface area contributed by atoms with Gasteiger partial charge in [0.05, 0.1) is 0 Å². The van der Waals surface area contributed by atoms with E-state index in [-0.39, 0.29) is 72.5 Å². The van der Waals surface area contributed by atoms with Gasteiger partial charge in [-0.25, -0.2) is 0 Å². The molecule has 0 aliphatic rings. The quantitative estimate of drug-likeness (QED) is 0.0330. The van der Waals surface area contributed by atoms with Gasteiger partial charge < -0.3 is 39.6 Å². The fourth-order valence-corrected chi connectivity index (χ4v) is 9.36. The molecule has 0 bridgehead atoms. The summed E-state index contributed by atoms with van der Waals surface area (Å²) in [6.07, 6.45) is 83.6. The number of hydrogen-bond acceptors (Lipinski definition) is 8. The van der Waals surface area contributed by atoms with Crippen LogP contribution in [0.3, 0.4) is 0 Å². The predicted molar refractivity (Wildman–Crippen MR) is 338 cm³/mol. The molecule has 472 valence electrons. The number of unbranched alkanes of at least 4 members (excludes halogenated alkanes) is 44. The van der Waals surface area contributed by atoms with Crippen LogP contribution in [0.2, 0.25) is 0 Å². The molecule has 0 aliphatic heterocycles. The maximum Gasteiger partial charge on any atom is 2.00 e. The van der Waals surface area contributed by atoms with Crippen LogP contribution < -0.4 is 20.4 Å². The van der Waals surface area contributed by atoms with E-state index in [1.807, 2.05) is 0 Å². The van der Waals surface area contributed by atoms with E-state index in [1.165, 1.54) is 257 Å². The van der Waals surface area contributed by atoms with Gasteiger partial charge in [-0.05, 0) is 154 Å². The fourth-order valence-electron chi connectivity index (χ4n) is 9.36. The summed E-state index contributed by atoms with van der Waals surface area (Å²) in [7, 11) is 0. The van der Waals surface area contributed by atoms with Crippen molar-refractivity contribution in [2.45, 2.75) is 387 Å². The van der Waals surface area contributed by atoms with Crippen molar-refractivity contribution in [3.63, 3.8) is 0 Å². The Bertz CT molecular complexity index is 1150. The van der Waals surface area contributed by atoms with Crippen LogP contribution in [0, 0.1) is 0 Å². The van der Waals surface area contributed by atoms with Gasteiger partial charge in [-0.3, -0.25) is 0 Å². The number of carboxylic acids is 4. The van der Waals surface area contributed by atoms with Crippen LogP contribution in [0.25, 0.3) is 0 Å². The van der Waals surface area contributed by atoms with Crippen LogP contribution in [0.5, 0.6) is 0 Å². The van der Waals surface area contributed by atoms with Crippen molar-refractivity contribution in [2.75, 3.05) is 0 Å². The number of carboxylic acid groups (broad SMARTS) is 4. The number of allylic oxidation sites excluding steroid dienone is 8. The molecule has 0 aromatic heterocycles. The molecule has 0 aliphatic carbocycles. The molecule has 8 nitrogen and oxygen atoms in total. The van der Waals surface area contributed by atoms with Gasteiger partial charge in [-0.1, -0.05) is 282 Å². The van der Waals surface area contributed by atoms with E-state index in [1.54, 1.807) is 0 Å². The standard InChI is InChI=1S/4C18H34O2.Cd.Zn/c4*1-2-3-4-5-6-7-8-9-10-11-12-13-14-15-16-17-18(19)20;;/h4*9-10H,2-8,11-17H2,1H3,(H,19,20);;/q;;;;2*+2/p-4. The molecule has 0 rings (SSSR count). The third-order valence-corrected chi connectivity index (χ3v) is 14.6. The van der Waals surface area contributed by atoms with Crippen molar-refractivity contribution in [3.8, 4) is 0 Å². The van der Waals surface area contributed by atoms with Crippen molar-refractivity contribution in [3.05, 3.63) is 48.6 Å². The van der Waals surface area contributed by atoms with E-state index in [0.29, 0.717) is 0 Å². The first-order chi connectivity index (χ1) is 39.1. The molecule has 0 amide bonds. The zero-order valence-electron chi connectivity index (χ0n) is 54.9. The summed E-state index contributed by atoms with van der Waals surface area (Å²) in [5.41, 5.74) is 0. The van der Waals surface area contributed by atoms with Crippen LogP contribution in [-0.4, -0.2) is 23.9 Å². The number of hydrogen-bond donors (Lipinski definition) is 0. The number of carbonyl (C=O) groups is 4. The zero-order valence-corrected chi connectivity index (χ0v) is 61.9. The summed E-state index contributed by atoms with van der Waals surface area (Å²) in [4.78, 5) is 40.9. The molecule has 0 aromatic carbocycles. The van der Waals surface area contributed by atoms with Crippen molar-refractivity contribution >= 4 is 23.9 Å². The Morgan fingerprint density at radius 1 is 0.207 bits per heavy atom. The van der Waals surface area contributed by atoms with Gasteiger partial charge in [-0.15, -0.1) is 0 Å². The average Bonchev–Trinajstić information content (AvgIpc) is 3.43. The molecule has 0 atom stereocenters. The SMILES string of the molecule is CCCCCCCCC=CCCCCCCCC(=O)[O-].CCCCCCCCC=CCCCCCCCC(=O)[O-].CCCCCCCCC=CCCCCCCCC(=O)[O-].CCCCCCCCC=CCCCCCCCC(=O)[O-].[Cd+2].[Zn+2]. The van der Waals surface area contributed by atoms with Crippen LogP contribution in [0.1, 0.15) is 387 Å². The van der Waals surface area contributed by atoms with Gasteiger partial charge in [0.25, 0.3) is 0 Å². The molecule has 0 saturated carbocycles. The van der Waals surface area contributed by atoms with Gasteiger partial charge in [-0.2, -0.15) is 0 Å². The maximum absolute atomic E-state index is 10.2. The molecule has 0 fully saturated rings. The fraction of sp³-hybridized carbons (Fsp3) is 0.833. The molecular formula is C72H132CdO8Zn. The Labute approximate surface area is 542 Å². The maximum atomic E-state index is 10.2. The predicted octanol–water partition coefficient (Wildman–Crippen LogP) is 19.1. The van der Waals surface area contributed by atoms with Gasteiger partial charge in [0.1, 0.15) is 0 Å². The summed E-state index contributed by atoms with van der Waals surface area (Å²) in [6, 6.07) is 0. The Hall–Kier alpha value is -1.61. The van der Waals surface area contributed by atoms with E-state index in [0.717, 1.165) is 77.0 Å². The smallest absolute Gasteiger partial charge is 0.550 e. The van der Waals surface area contributed by atoms with Gasteiger partial charge >= 0.3 is 46.8 Å². The molecule has 0 radical (unpaired) electrons. The second-order valence-electron chi connectivity index (χ2n) is 22.8. The summed E-state index contributed by atoms with van der Waals surface area (Å²) < 4.78 is 0. The molecule has 0 N–H and O–H groups in total. The summed E-state index contributed by atoms with van der Waals surface area (Å²) >= 11 is 0. The molecule has 10 heteroatoms. The molecule has 82 heavy (non-hydrogen) atoms. The van der Waals surface area contributed by atoms with E-state index in [2.05, 4.69) is 76.3 Å². The Kier molecular flexibility index (Phi) is 98.4. The monoisotopic (exact) mass is 1300 g/mol. The minimum atomic E-state index is -0.914. The minimum Gasteiger partial charge on any atom is -0.550 e. The molecule has 0 saturated heterocycles. The minimum absolute atomic E-state index is 0. The van der Waals surface area contributed by atoms with Crippen molar-refractivity contribution in [1.82, 2.24) is 0 Å². The number of rotatable bonds is 60.